The van der Waals surface area contributed by atoms with Crippen LogP contribution in [0.25, 0.3) is 12.2 Å². The number of ketones is 2. The van der Waals surface area contributed by atoms with Crippen LogP contribution >= 0.6 is 0 Å². The molecule has 254 valence electrons. The van der Waals surface area contributed by atoms with E-state index >= 15 is 0 Å². The first kappa shape index (κ1) is 35.0. The quantitative estimate of drug-likeness (QED) is 0.0761. The Morgan fingerprint density at radius 3 is 1.26 bits per heavy atom. The van der Waals surface area contributed by atoms with Gasteiger partial charge in [-0.1, -0.05) is 60.7 Å². The maximum absolute atomic E-state index is 12.7. The first-order valence-corrected chi connectivity index (χ1v) is 15.8. The third-order valence-electron chi connectivity index (χ3n) is 7.74. The molecule has 0 saturated carbocycles. The summed E-state index contributed by atoms with van der Waals surface area (Å²) in [4.78, 5) is 25.5. The van der Waals surface area contributed by atoms with Gasteiger partial charge in [0, 0.05) is 11.1 Å². The van der Waals surface area contributed by atoms with Crippen molar-refractivity contribution in [2.75, 3.05) is 28.4 Å². The largest absolute Gasteiger partial charge is 0.493 e. The molecular weight excluding hydrogens is 632 g/mol. The number of ether oxygens (including phenoxy) is 6. The fourth-order valence-electron chi connectivity index (χ4n) is 5.00. The van der Waals surface area contributed by atoms with Gasteiger partial charge >= 0.3 is 0 Å². The van der Waals surface area contributed by atoms with Crippen LogP contribution in [0.3, 0.4) is 0 Å². The lowest BCUT2D eigenvalue weighted by Gasteiger charge is -2.10. The normalized spacial score (nSPS) is 11.0. The molecule has 0 radical (unpaired) electrons. The lowest BCUT2D eigenvalue weighted by atomic mass is 10.1. The Balaban J connectivity index is 1.11. The third kappa shape index (κ3) is 9.41. The molecule has 0 amide bonds. The Hall–Kier alpha value is -6.28. The van der Waals surface area contributed by atoms with Gasteiger partial charge in [0.15, 0.2) is 34.6 Å². The summed E-state index contributed by atoms with van der Waals surface area (Å²) in [7, 11) is 6.18. The maximum Gasteiger partial charge on any atom is 0.185 e. The molecule has 0 fully saturated rings. The fourth-order valence-corrected chi connectivity index (χ4v) is 5.00. The lowest BCUT2D eigenvalue weighted by molar-refractivity contribution is 0.103. The first-order chi connectivity index (χ1) is 24.4. The minimum Gasteiger partial charge on any atom is -0.493 e. The standard InChI is InChI=1S/C42H38O8/c1-45-39-21-17-33(25-41(39)47-3)37(43)19-15-29-7-5-9-35(23-29)49-27-31-11-13-32(14-12-31)28-50-36-10-6-8-30(24-36)16-20-38(44)34-18-22-40(46-2)42(26-34)48-4/h5-26H,27-28H2,1-4H3/b19-15+,20-16+. The molecule has 8 heteroatoms. The minimum atomic E-state index is -0.148. The Bertz CT molecular complexity index is 1850. The van der Waals surface area contributed by atoms with Gasteiger partial charge in [-0.3, -0.25) is 9.59 Å². The lowest BCUT2D eigenvalue weighted by Crippen LogP contribution is -1.99. The van der Waals surface area contributed by atoms with E-state index in [1.165, 1.54) is 26.4 Å². The van der Waals surface area contributed by atoms with Crippen LogP contribution in [-0.2, 0) is 13.2 Å². The van der Waals surface area contributed by atoms with Crippen molar-refractivity contribution in [3.05, 3.63) is 155 Å². The minimum absolute atomic E-state index is 0.148. The Morgan fingerprint density at radius 2 is 0.880 bits per heavy atom. The van der Waals surface area contributed by atoms with E-state index < -0.39 is 0 Å². The van der Waals surface area contributed by atoms with Gasteiger partial charge in [-0.25, -0.2) is 0 Å². The second kappa shape index (κ2) is 17.2. The van der Waals surface area contributed by atoms with E-state index in [0.717, 1.165) is 22.3 Å². The van der Waals surface area contributed by atoms with Crippen molar-refractivity contribution in [2.24, 2.45) is 0 Å². The summed E-state index contributed by atoms with van der Waals surface area (Å²) in [5, 5.41) is 0. The summed E-state index contributed by atoms with van der Waals surface area (Å²) in [6.45, 7) is 0.768. The van der Waals surface area contributed by atoms with Gasteiger partial charge in [-0.15, -0.1) is 0 Å². The highest BCUT2D eigenvalue weighted by Gasteiger charge is 2.10. The van der Waals surface area contributed by atoms with Crippen LogP contribution in [0.15, 0.2) is 121 Å². The Labute approximate surface area is 292 Å². The number of benzene rings is 5. The van der Waals surface area contributed by atoms with Gasteiger partial charge in [0.25, 0.3) is 0 Å². The molecule has 0 bridgehead atoms. The van der Waals surface area contributed by atoms with Crippen LogP contribution in [0.4, 0.5) is 0 Å². The molecule has 0 unspecified atom stereocenters. The Morgan fingerprint density at radius 1 is 0.480 bits per heavy atom. The van der Waals surface area contributed by atoms with Gasteiger partial charge in [-0.2, -0.15) is 0 Å². The fraction of sp³-hybridized carbons (Fsp3) is 0.143. The van der Waals surface area contributed by atoms with Gasteiger partial charge in [0.1, 0.15) is 24.7 Å². The molecule has 0 aliphatic rings. The van der Waals surface area contributed by atoms with E-state index in [9.17, 15) is 9.59 Å². The van der Waals surface area contributed by atoms with E-state index in [4.69, 9.17) is 28.4 Å². The van der Waals surface area contributed by atoms with E-state index in [-0.39, 0.29) is 11.6 Å². The first-order valence-electron chi connectivity index (χ1n) is 15.8. The van der Waals surface area contributed by atoms with Crippen molar-refractivity contribution < 1.29 is 38.0 Å². The zero-order valence-electron chi connectivity index (χ0n) is 28.4. The van der Waals surface area contributed by atoms with Crippen molar-refractivity contribution in [1.82, 2.24) is 0 Å². The van der Waals surface area contributed by atoms with Crippen LogP contribution < -0.4 is 28.4 Å². The summed E-state index contributed by atoms with van der Waals surface area (Å²) in [5.74, 6) is 3.22. The highest BCUT2D eigenvalue weighted by molar-refractivity contribution is 6.07. The van der Waals surface area contributed by atoms with E-state index in [1.807, 2.05) is 72.8 Å². The summed E-state index contributed by atoms with van der Waals surface area (Å²) in [6.07, 6.45) is 6.56. The van der Waals surface area contributed by atoms with Gasteiger partial charge in [-0.05, 0) is 95.1 Å². The molecular formula is C42H38O8. The Kier molecular flexibility index (Phi) is 12.1. The monoisotopic (exact) mass is 670 g/mol. The van der Waals surface area contributed by atoms with Crippen molar-refractivity contribution in [3.8, 4) is 34.5 Å². The van der Waals surface area contributed by atoms with E-state index in [1.54, 1.807) is 62.8 Å². The number of allylic oxidation sites excluding steroid dienone is 2. The zero-order valence-corrected chi connectivity index (χ0v) is 28.4. The second-order valence-electron chi connectivity index (χ2n) is 11.1. The summed E-state index contributed by atoms with van der Waals surface area (Å²) < 4.78 is 33.2. The van der Waals surface area contributed by atoms with Crippen LogP contribution in [0.2, 0.25) is 0 Å². The highest BCUT2D eigenvalue weighted by Crippen LogP contribution is 2.29. The second-order valence-corrected chi connectivity index (χ2v) is 11.1. The molecule has 50 heavy (non-hydrogen) atoms. The number of methoxy groups -OCH3 is 4. The molecule has 5 aromatic carbocycles. The van der Waals surface area contributed by atoms with Crippen molar-refractivity contribution >= 4 is 23.7 Å². The van der Waals surface area contributed by atoms with E-state index in [0.29, 0.717) is 58.8 Å². The molecule has 0 spiro atoms. The topological polar surface area (TPSA) is 89.5 Å². The molecule has 5 aromatic rings. The van der Waals surface area contributed by atoms with Crippen LogP contribution in [-0.4, -0.2) is 40.0 Å². The SMILES string of the molecule is COc1ccc(C(=O)/C=C/c2cccc(OCc3ccc(COc4cccc(/C=C/C(=O)c5ccc(OC)c(OC)c5)c4)cc3)c2)cc1OC. The van der Waals surface area contributed by atoms with Crippen molar-refractivity contribution in [1.29, 1.82) is 0 Å². The molecule has 0 aliphatic heterocycles. The van der Waals surface area contributed by atoms with Gasteiger partial charge in [0.2, 0.25) is 0 Å². The van der Waals surface area contributed by atoms with E-state index in [2.05, 4.69) is 0 Å². The number of hydrogen-bond donors (Lipinski definition) is 0. The molecule has 8 nitrogen and oxygen atoms in total. The number of carbonyl (C=O) groups is 2. The molecule has 0 N–H and O–H groups in total. The molecule has 0 aliphatic carbocycles. The predicted octanol–water partition coefficient (Wildman–Crippen LogP) is 8.67. The average molecular weight is 671 g/mol. The molecule has 0 atom stereocenters. The zero-order chi connectivity index (χ0) is 35.3. The number of rotatable bonds is 16. The number of carbonyl (C=O) groups excluding carboxylic acids is 2. The molecule has 0 saturated heterocycles. The highest BCUT2D eigenvalue weighted by atomic mass is 16.5. The van der Waals surface area contributed by atoms with Crippen molar-refractivity contribution in [2.45, 2.75) is 13.2 Å². The number of hydrogen-bond acceptors (Lipinski definition) is 8. The average Bonchev–Trinajstić information content (AvgIpc) is 3.17. The van der Waals surface area contributed by atoms with Crippen molar-refractivity contribution in [3.63, 3.8) is 0 Å². The summed E-state index contributed by atoms with van der Waals surface area (Å²) in [6, 6.07) is 33.3. The maximum atomic E-state index is 12.7. The summed E-state index contributed by atoms with van der Waals surface area (Å²) >= 11 is 0. The smallest absolute Gasteiger partial charge is 0.185 e. The third-order valence-corrected chi connectivity index (χ3v) is 7.74. The predicted molar refractivity (Wildman–Crippen MR) is 194 cm³/mol. The van der Waals surface area contributed by atoms with Gasteiger partial charge in [0.05, 0.1) is 28.4 Å². The molecule has 0 heterocycles. The van der Waals surface area contributed by atoms with Crippen LogP contribution in [0.5, 0.6) is 34.5 Å². The van der Waals surface area contributed by atoms with Crippen LogP contribution in [0.1, 0.15) is 43.0 Å². The summed E-state index contributed by atoms with van der Waals surface area (Å²) in [5.41, 5.74) is 4.69. The van der Waals surface area contributed by atoms with Crippen LogP contribution in [0, 0.1) is 0 Å². The molecule has 5 rings (SSSR count). The van der Waals surface area contributed by atoms with Gasteiger partial charge < -0.3 is 28.4 Å². The molecule has 0 aromatic heterocycles.